The Labute approximate surface area is 191 Å². The van der Waals surface area contributed by atoms with Gasteiger partial charge in [-0.3, -0.25) is 0 Å². The number of carboxylic acids is 1. The summed E-state index contributed by atoms with van der Waals surface area (Å²) in [5.41, 5.74) is 2.33. The third-order valence-corrected chi connectivity index (χ3v) is 5.33. The number of nitrogens with zero attached hydrogens (tertiary/aromatic N) is 1. The number of hydrogen-bond donors (Lipinski definition) is 1. The molecule has 0 saturated heterocycles. The van der Waals surface area contributed by atoms with Crippen molar-refractivity contribution >= 4 is 21.9 Å². The fourth-order valence-electron chi connectivity index (χ4n) is 3.30. The van der Waals surface area contributed by atoms with Crippen molar-refractivity contribution in [2.24, 2.45) is 0 Å². The average Bonchev–Trinajstić information content (AvgIpc) is 2.79. The lowest BCUT2D eigenvalue weighted by molar-refractivity contribution is 0.0690. The number of rotatable bonds is 6. The molecule has 0 aliphatic carbocycles. The highest BCUT2D eigenvalue weighted by Crippen LogP contribution is 2.38. The monoisotopic (exact) mass is 495 g/mol. The number of pyridine rings is 1. The summed E-state index contributed by atoms with van der Waals surface area (Å²) in [6.07, 6.45) is 0. The van der Waals surface area contributed by atoms with Crippen LogP contribution >= 0.6 is 15.9 Å². The fraction of sp³-hybridized carbons (Fsp3) is 0.0400. The first-order valence-corrected chi connectivity index (χ1v) is 10.4. The van der Waals surface area contributed by atoms with Crippen LogP contribution in [0, 0.1) is 11.6 Å². The lowest BCUT2D eigenvalue weighted by Gasteiger charge is -2.16. The van der Waals surface area contributed by atoms with Gasteiger partial charge in [-0.15, -0.1) is 0 Å². The molecule has 0 atom stereocenters. The maximum Gasteiger partial charge on any atom is 0.354 e. The van der Waals surface area contributed by atoms with Crippen molar-refractivity contribution in [1.29, 1.82) is 0 Å². The van der Waals surface area contributed by atoms with Crippen LogP contribution in [-0.2, 0) is 6.61 Å². The van der Waals surface area contributed by atoms with Crippen LogP contribution in [0.15, 0.2) is 83.3 Å². The van der Waals surface area contributed by atoms with Gasteiger partial charge >= 0.3 is 5.97 Å². The van der Waals surface area contributed by atoms with Crippen molar-refractivity contribution < 1.29 is 23.4 Å². The molecule has 3 aromatic carbocycles. The van der Waals surface area contributed by atoms with Crippen LogP contribution in [0.4, 0.5) is 8.78 Å². The first-order valence-electron chi connectivity index (χ1n) is 9.59. The van der Waals surface area contributed by atoms with E-state index in [1.165, 1.54) is 24.3 Å². The number of hydrogen-bond acceptors (Lipinski definition) is 3. The smallest absolute Gasteiger partial charge is 0.354 e. The first kappa shape index (κ1) is 21.6. The van der Waals surface area contributed by atoms with E-state index in [4.69, 9.17) is 4.74 Å². The predicted molar refractivity (Wildman–Crippen MR) is 120 cm³/mol. The SMILES string of the molecule is O=C(O)c1cccc(-c2ccccc2-c2cc(Br)ccc2OCc2c(F)cccc2F)n1. The Morgan fingerprint density at radius 3 is 2.28 bits per heavy atom. The molecule has 0 fully saturated rings. The summed E-state index contributed by atoms with van der Waals surface area (Å²) in [6, 6.07) is 21.1. The summed E-state index contributed by atoms with van der Waals surface area (Å²) in [5.74, 6) is -2.07. The van der Waals surface area contributed by atoms with E-state index in [9.17, 15) is 18.7 Å². The molecule has 1 N–H and O–H groups in total. The van der Waals surface area contributed by atoms with Crippen LogP contribution in [-0.4, -0.2) is 16.1 Å². The molecule has 7 heteroatoms. The molecule has 1 heterocycles. The van der Waals surface area contributed by atoms with Gasteiger partial charge in [-0.25, -0.2) is 18.6 Å². The molecule has 0 saturated carbocycles. The van der Waals surface area contributed by atoms with E-state index in [0.29, 0.717) is 22.6 Å². The Balaban J connectivity index is 1.78. The highest BCUT2D eigenvalue weighted by atomic mass is 79.9. The Bertz CT molecular complexity index is 1290. The van der Waals surface area contributed by atoms with Gasteiger partial charge in [-0.1, -0.05) is 52.3 Å². The molecule has 0 aliphatic rings. The van der Waals surface area contributed by atoms with Crippen LogP contribution < -0.4 is 4.74 Å². The number of halogens is 3. The zero-order valence-electron chi connectivity index (χ0n) is 16.6. The minimum absolute atomic E-state index is 0.0713. The second-order valence-corrected chi connectivity index (χ2v) is 7.80. The highest BCUT2D eigenvalue weighted by molar-refractivity contribution is 9.10. The highest BCUT2D eigenvalue weighted by Gasteiger charge is 2.16. The van der Waals surface area contributed by atoms with Gasteiger partial charge in [-0.05, 0) is 48.0 Å². The second kappa shape index (κ2) is 9.28. The van der Waals surface area contributed by atoms with E-state index in [-0.39, 0.29) is 17.9 Å². The Kier molecular flexibility index (Phi) is 6.28. The summed E-state index contributed by atoms with van der Waals surface area (Å²) < 4.78 is 34.7. The van der Waals surface area contributed by atoms with Crippen LogP contribution in [0.1, 0.15) is 16.1 Å². The molecular formula is C25H16BrF2NO3. The number of aromatic carboxylic acids is 1. The van der Waals surface area contributed by atoms with E-state index < -0.39 is 17.6 Å². The molecule has 1 aromatic heterocycles. The molecule has 4 aromatic rings. The lowest BCUT2D eigenvalue weighted by atomic mass is 9.96. The van der Waals surface area contributed by atoms with E-state index >= 15 is 0 Å². The second-order valence-electron chi connectivity index (χ2n) is 6.89. The van der Waals surface area contributed by atoms with Gasteiger partial charge in [0.15, 0.2) is 0 Å². The molecular weight excluding hydrogens is 480 g/mol. The molecule has 32 heavy (non-hydrogen) atoms. The lowest BCUT2D eigenvalue weighted by Crippen LogP contribution is -2.03. The Morgan fingerprint density at radius 1 is 0.875 bits per heavy atom. The summed E-state index contributed by atoms with van der Waals surface area (Å²) in [7, 11) is 0. The van der Waals surface area contributed by atoms with E-state index in [0.717, 1.165) is 10.0 Å². The third kappa shape index (κ3) is 4.53. The number of carbonyl (C=O) groups is 1. The van der Waals surface area contributed by atoms with Gasteiger partial charge in [0.2, 0.25) is 0 Å². The fourth-order valence-corrected chi connectivity index (χ4v) is 3.66. The van der Waals surface area contributed by atoms with Crippen molar-refractivity contribution in [3.05, 3.63) is 106 Å². The van der Waals surface area contributed by atoms with Crippen LogP contribution in [0.25, 0.3) is 22.4 Å². The van der Waals surface area contributed by atoms with E-state index in [1.807, 2.05) is 30.3 Å². The summed E-state index contributed by atoms with van der Waals surface area (Å²) >= 11 is 3.46. The minimum atomic E-state index is -1.12. The zero-order chi connectivity index (χ0) is 22.7. The summed E-state index contributed by atoms with van der Waals surface area (Å²) in [6.45, 7) is -0.290. The number of ether oxygens (including phenoxy) is 1. The molecule has 0 aliphatic heterocycles. The normalized spacial score (nSPS) is 10.7. The van der Waals surface area contributed by atoms with Crippen LogP contribution in [0.3, 0.4) is 0 Å². The van der Waals surface area contributed by atoms with Crippen molar-refractivity contribution in [1.82, 2.24) is 4.98 Å². The van der Waals surface area contributed by atoms with Gasteiger partial charge in [-0.2, -0.15) is 0 Å². The molecule has 0 radical (unpaired) electrons. The first-order chi connectivity index (χ1) is 15.4. The number of aromatic nitrogens is 1. The molecule has 0 spiro atoms. The molecule has 0 unspecified atom stereocenters. The topological polar surface area (TPSA) is 59.4 Å². The predicted octanol–water partition coefficient (Wildman–Crippen LogP) is 6.73. The summed E-state index contributed by atoms with van der Waals surface area (Å²) in [5, 5.41) is 9.30. The van der Waals surface area contributed by atoms with Crippen LogP contribution in [0.5, 0.6) is 5.75 Å². The molecule has 160 valence electrons. The van der Waals surface area contributed by atoms with Gasteiger partial charge < -0.3 is 9.84 Å². The quantitative estimate of drug-likeness (QED) is 0.322. The number of benzene rings is 3. The van der Waals surface area contributed by atoms with Gasteiger partial charge in [0, 0.05) is 15.6 Å². The standard InChI is InChI=1S/C25H16BrF2NO3/c26-15-11-12-24(32-14-19-20(27)7-3-8-21(19)28)18(13-15)16-5-1-2-6-17(16)22-9-4-10-23(29-22)25(30)31/h1-13H,14H2,(H,30,31). The van der Waals surface area contributed by atoms with Gasteiger partial charge in [0.25, 0.3) is 0 Å². The largest absolute Gasteiger partial charge is 0.488 e. The zero-order valence-corrected chi connectivity index (χ0v) is 18.1. The van der Waals surface area contributed by atoms with Crippen molar-refractivity contribution in [3.63, 3.8) is 0 Å². The van der Waals surface area contributed by atoms with E-state index in [2.05, 4.69) is 20.9 Å². The van der Waals surface area contributed by atoms with Crippen LogP contribution in [0.2, 0.25) is 0 Å². The third-order valence-electron chi connectivity index (χ3n) is 4.84. The average molecular weight is 496 g/mol. The van der Waals surface area contributed by atoms with Crippen molar-refractivity contribution in [3.8, 4) is 28.1 Å². The van der Waals surface area contributed by atoms with Gasteiger partial charge in [0.05, 0.1) is 11.3 Å². The number of carboxylic acid groups (broad SMARTS) is 1. The van der Waals surface area contributed by atoms with Gasteiger partial charge in [0.1, 0.15) is 29.7 Å². The maximum atomic E-state index is 14.0. The Morgan fingerprint density at radius 2 is 1.56 bits per heavy atom. The Hall–Kier alpha value is -3.58. The molecule has 0 bridgehead atoms. The molecule has 0 amide bonds. The van der Waals surface area contributed by atoms with Crippen molar-refractivity contribution in [2.75, 3.05) is 0 Å². The van der Waals surface area contributed by atoms with Crippen molar-refractivity contribution in [2.45, 2.75) is 6.61 Å². The molecule has 4 nitrogen and oxygen atoms in total. The summed E-state index contributed by atoms with van der Waals surface area (Å²) in [4.78, 5) is 15.6. The molecule has 4 rings (SSSR count). The minimum Gasteiger partial charge on any atom is -0.488 e. The maximum absolute atomic E-state index is 14.0. The van der Waals surface area contributed by atoms with E-state index in [1.54, 1.807) is 24.3 Å².